The number of fused-ring (bicyclic) bond motifs is 2. The van der Waals surface area contributed by atoms with Gasteiger partial charge in [-0.25, -0.2) is 0 Å². The van der Waals surface area contributed by atoms with Gasteiger partial charge in [-0.3, -0.25) is 0 Å². The Morgan fingerprint density at radius 2 is 0.920 bits per heavy atom. The van der Waals surface area contributed by atoms with E-state index in [0.29, 0.717) is 37.9 Å². The van der Waals surface area contributed by atoms with Gasteiger partial charge in [-0.2, -0.15) is 0 Å². The summed E-state index contributed by atoms with van der Waals surface area (Å²) in [6.07, 6.45) is 12.1. The van der Waals surface area contributed by atoms with Crippen LogP contribution in [0.5, 0.6) is 11.5 Å². The number of ether oxygens (including phenoxy) is 2. The molecule has 0 heterocycles. The molecule has 0 aliphatic carbocycles. The summed E-state index contributed by atoms with van der Waals surface area (Å²) in [5, 5.41) is 4.49. The molecule has 0 saturated heterocycles. The maximum Gasteiger partial charge on any atom is 0.124 e. The fourth-order valence-electron chi connectivity index (χ4n) is 7.02. The highest BCUT2D eigenvalue weighted by Gasteiger charge is 2.19. The fraction of sp³-hybridized carbons (Fsp3) is 0.391. The van der Waals surface area contributed by atoms with E-state index in [-0.39, 0.29) is 0 Å². The van der Waals surface area contributed by atoms with E-state index in [0.717, 1.165) is 91.8 Å². The molecule has 2 unspecified atom stereocenters. The molecule has 0 amide bonds. The Morgan fingerprint density at radius 1 is 0.520 bits per heavy atom. The molecule has 2 atom stereocenters. The third-order valence-corrected chi connectivity index (χ3v) is 10.2. The second-order valence-corrected chi connectivity index (χ2v) is 13.8. The Balaban J connectivity index is 1.71. The molecule has 5 rings (SSSR count). The topological polar surface area (TPSA) is 52.6 Å². The van der Waals surface area contributed by atoms with Crippen molar-refractivity contribution in [3.8, 4) is 33.8 Å². The van der Waals surface area contributed by atoms with E-state index in [2.05, 4.69) is 113 Å². The van der Waals surface area contributed by atoms with Crippen molar-refractivity contribution in [1.29, 1.82) is 0 Å². The minimum absolute atomic E-state index is 0.396. The van der Waals surface area contributed by atoms with Crippen LogP contribution in [-0.4, -0.2) is 25.8 Å². The molecule has 0 bridgehead atoms. The molecular weight excluding hydrogens is 617 g/mol. The predicted molar refractivity (Wildman–Crippen MR) is 209 cm³/mol. The summed E-state index contributed by atoms with van der Waals surface area (Å²) in [5.41, 5.74) is 6.45. The molecule has 0 spiro atoms. The monoisotopic (exact) mass is 670 g/mol. The summed E-state index contributed by atoms with van der Waals surface area (Å²) >= 11 is 0. The van der Waals surface area contributed by atoms with Crippen molar-refractivity contribution in [2.24, 2.45) is 11.8 Å². The van der Waals surface area contributed by atoms with Crippen LogP contribution >= 0.6 is 0 Å². The van der Waals surface area contributed by atoms with Crippen LogP contribution in [0.1, 0.15) is 90.2 Å². The second kappa shape index (κ2) is 18.5. The van der Waals surface area contributed by atoms with Crippen molar-refractivity contribution in [2.45, 2.75) is 91.9 Å². The zero-order valence-electron chi connectivity index (χ0n) is 30.5. The molecule has 262 valence electrons. The average molecular weight is 671 g/mol. The average Bonchev–Trinajstić information content (AvgIpc) is 3.15. The number of aldehydes is 2. The molecule has 4 nitrogen and oxygen atoms in total. The first-order chi connectivity index (χ1) is 24.5. The lowest BCUT2D eigenvalue weighted by atomic mass is 9.85. The quantitative estimate of drug-likeness (QED) is 0.0611. The third kappa shape index (κ3) is 9.01. The molecule has 0 aromatic heterocycles. The minimum atomic E-state index is 0.396. The van der Waals surface area contributed by atoms with E-state index in [9.17, 15) is 9.59 Å². The summed E-state index contributed by atoms with van der Waals surface area (Å²) in [5.74, 6) is 2.80. The Hall–Kier alpha value is -4.44. The van der Waals surface area contributed by atoms with Crippen molar-refractivity contribution in [3.63, 3.8) is 0 Å². The standard InChI is InChI=1S/C46H54O4/c1-5-9-11-33(7-3)31-49-39-21-23-41-43(29-39)45(37-17-13-35(14-18-37)25-27-47)42-24-22-40(50-32-34(8-4)12-10-6-2)30-44(42)46(41)38-19-15-36(16-20-38)26-28-48/h13-24,27-30,33-34H,5-12,25-26,31-32H2,1-4H3. The van der Waals surface area contributed by atoms with Gasteiger partial charge in [-0.15, -0.1) is 0 Å². The highest BCUT2D eigenvalue weighted by molar-refractivity contribution is 6.21. The lowest BCUT2D eigenvalue weighted by Crippen LogP contribution is -2.11. The number of unbranched alkanes of at least 4 members (excludes halogenated alkanes) is 2. The molecule has 0 fully saturated rings. The van der Waals surface area contributed by atoms with Gasteiger partial charge < -0.3 is 19.1 Å². The van der Waals surface area contributed by atoms with E-state index in [1.165, 1.54) is 38.5 Å². The summed E-state index contributed by atoms with van der Waals surface area (Å²) in [6.45, 7) is 10.4. The minimum Gasteiger partial charge on any atom is -0.493 e. The number of hydrogen-bond donors (Lipinski definition) is 0. The highest BCUT2D eigenvalue weighted by atomic mass is 16.5. The van der Waals surface area contributed by atoms with Gasteiger partial charge in [0.25, 0.3) is 0 Å². The van der Waals surface area contributed by atoms with Crippen molar-refractivity contribution >= 4 is 34.1 Å². The molecular formula is C46H54O4. The Bertz CT molecular complexity index is 1700. The molecule has 0 N–H and O–H groups in total. The van der Waals surface area contributed by atoms with Crippen LogP contribution < -0.4 is 9.47 Å². The Kier molecular flexibility index (Phi) is 13.6. The van der Waals surface area contributed by atoms with Gasteiger partial charge in [-0.1, -0.05) is 127 Å². The van der Waals surface area contributed by atoms with Crippen LogP contribution in [0.3, 0.4) is 0 Å². The van der Waals surface area contributed by atoms with Gasteiger partial charge >= 0.3 is 0 Å². The zero-order chi connectivity index (χ0) is 35.3. The largest absolute Gasteiger partial charge is 0.493 e. The van der Waals surface area contributed by atoms with Gasteiger partial charge in [0, 0.05) is 12.8 Å². The van der Waals surface area contributed by atoms with Gasteiger partial charge in [0.15, 0.2) is 0 Å². The third-order valence-electron chi connectivity index (χ3n) is 10.2. The smallest absolute Gasteiger partial charge is 0.124 e. The molecule has 4 heteroatoms. The van der Waals surface area contributed by atoms with Gasteiger partial charge in [0.05, 0.1) is 13.2 Å². The van der Waals surface area contributed by atoms with Crippen LogP contribution in [0, 0.1) is 11.8 Å². The molecule has 0 aliphatic rings. The van der Waals surface area contributed by atoms with E-state index in [4.69, 9.17) is 9.47 Å². The maximum atomic E-state index is 11.3. The fourth-order valence-corrected chi connectivity index (χ4v) is 7.02. The van der Waals surface area contributed by atoms with E-state index < -0.39 is 0 Å². The Labute approximate surface area is 299 Å². The van der Waals surface area contributed by atoms with Crippen LogP contribution in [0.15, 0.2) is 84.9 Å². The van der Waals surface area contributed by atoms with Crippen LogP contribution in [0.4, 0.5) is 0 Å². The summed E-state index contributed by atoms with van der Waals surface area (Å²) in [6, 6.07) is 29.8. The normalized spacial score (nSPS) is 12.6. The van der Waals surface area contributed by atoms with Crippen molar-refractivity contribution in [3.05, 3.63) is 96.1 Å². The molecule has 5 aromatic rings. The lowest BCUT2D eigenvalue weighted by molar-refractivity contribution is -0.108. The number of carbonyl (C=O) groups is 2. The van der Waals surface area contributed by atoms with Crippen molar-refractivity contribution in [1.82, 2.24) is 0 Å². The Morgan fingerprint density at radius 3 is 1.26 bits per heavy atom. The van der Waals surface area contributed by atoms with E-state index in [1.54, 1.807) is 0 Å². The summed E-state index contributed by atoms with van der Waals surface area (Å²) in [4.78, 5) is 22.6. The summed E-state index contributed by atoms with van der Waals surface area (Å²) < 4.78 is 13.1. The number of benzene rings is 5. The number of rotatable bonds is 20. The molecule has 0 saturated carbocycles. The summed E-state index contributed by atoms with van der Waals surface area (Å²) in [7, 11) is 0. The maximum absolute atomic E-state index is 11.3. The number of carbonyl (C=O) groups excluding carboxylic acids is 2. The van der Waals surface area contributed by atoms with Crippen molar-refractivity contribution < 1.29 is 19.1 Å². The first kappa shape index (κ1) is 36.8. The lowest BCUT2D eigenvalue weighted by Gasteiger charge is -2.21. The van der Waals surface area contributed by atoms with Crippen LogP contribution in [0.25, 0.3) is 43.8 Å². The van der Waals surface area contributed by atoms with E-state index in [1.807, 2.05) is 0 Å². The predicted octanol–water partition coefficient (Wildman–Crippen LogP) is 12.0. The second-order valence-electron chi connectivity index (χ2n) is 13.8. The SMILES string of the molecule is CCCCC(CC)COc1ccc2c(-c3ccc(CC=O)cc3)c3cc(OCC(CC)CCCC)ccc3c(-c3ccc(CC=O)cc3)c2c1. The molecule has 50 heavy (non-hydrogen) atoms. The van der Waals surface area contributed by atoms with Gasteiger partial charge in [-0.05, 0) is 104 Å². The molecule has 5 aromatic carbocycles. The molecule has 0 radical (unpaired) electrons. The first-order valence-electron chi connectivity index (χ1n) is 18.9. The van der Waals surface area contributed by atoms with Crippen LogP contribution in [-0.2, 0) is 22.4 Å². The van der Waals surface area contributed by atoms with Gasteiger partial charge in [0.1, 0.15) is 24.1 Å². The first-order valence-corrected chi connectivity index (χ1v) is 18.9. The highest BCUT2D eigenvalue weighted by Crippen LogP contribution is 2.46. The van der Waals surface area contributed by atoms with E-state index >= 15 is 0 Å². The zero-order valence-corrected chi connectivity index (χ0v) is 30.5. The van der Waals surface area contributed by atoms with Crippen molar-refractivity contribution in [2.75, 3.05) is 13.2 Å². The number of hydrogen-bond acceptors (Lipinski definition) is 4. The van der Waals surface area contributed by atoms with Gasteiger partial charge in [0.2, 0.25) is 0 Å². The molecule has 0 aliphatic heterocycles. The van der Waals surface area contributed by atoms with Crippen LogP contribution in [0.2, 0.25) is 0 Å².